The van der Waals surface area contributed by atoms with Crippen LogP contribution < -0.4 is 31.9 Å². The quantitative estimate of drug-likeness (QED) is 0.220. The van der Waals surface area contributed by atoms with Gasteiger partial charge in [-0.15, -0.1) is 0 Å². The zero-order valence-electron chi connectivity index (χ0n) is 20.8. The Balaban J connectivity index is 1.48. The van der Waals surface area contributed by atoms with Gasteiger partial charge in [-0.25, -0.2) is 0 Å². The number of benzene rings is 4. The highest BCUT2D eigenvalue weighted by Crippen LogP contribution is 2.48. The first-order valence-corrected chi connectivity index (χ1v) is 15.9. The lowest BCUT2D eigenvalue weighted by atomic mass is 10.4. The van der Waals surface area contributed by atoms with Gasteiger partial charge in [0.2, 0.25) is 0 Å². The van der Waals surface area contributed by atoms with Gasteiger partial charge in [0.15, 0.2) is 14.3 Å². The summed E-state index contributed by atoms with van der Waals surface area (Å²) in [5, 5.41) is 10.4. The smallest absolute Gasteiger partial charge is 0.158 e. The molecule has 186 valence electrons. The van der Waals surface area contributed by atoms with Crippen molar-refractivity contribution in [1.82, 2.24) is 10.6 Å². The Labute approximate surface area is 214 Å². The van der Waals surface area contributed by atoms with Crippen molar-refractivity contribution in [2.24, 2.45) is 0 Å². The first-order valence-electron chi connectivity index (χ1n) is 12.4. The van der Waals surface area contributed by atoms with Crippen LogP contribution in [0.5, 0.6) is 0 Å². The molecule has 0 amide bonds. The fraction of sp³-hybridized carbons (Fsp3) is 0.200. The van der Waals surface area contributed by atoms with Crippen LogP contribution in [0.2, 0.25) is 0 Å². The van der Waals surface area contributed by atoms with Crippen LogP contribution in [0.1, 0.15) is 13.8 Å². The fourth-order valence-electron chi connectivity index (χ4n) is 4.61. The van der Waals surface area contributed by atoms with Gasteiger partial charge < -0.3 is 19.8 Å². The van der Waals surface area contributed by atoms with Crippen LogP contribution in [-0.2, 0) is 9.13 Å². The highest BCUT2D eigenvalue weighted by molar-refractivity contribution is 7.79. The molecule has 0 aliphatic rings. The van der Waals surface area contributed by atoms with E-state index in [1.165, 1.54) is 0 Å². The summed E-state index contributed by atoms with van der Waals surface area (Å²) in [5.74, 6) is -0.510. The minimum Gasteiger partial charge on any atom is -0.312 e. The summed E-state index contributed by atoms with van der Waals surface area (Å²) in [7, 11) is -5.80. The third-order valence-corrected chi connectivity index (χ3v) is 13.5. The number of nitrogens with one attached hydrogen (secondary N) is 2. The zero-order chi connectivity index (χ0) is 25.4. The van der Waals surface area contributed by atoms with Gasteiger partial charge in [0.05, 0.1) is 11.6 Å². The highest BCUT2D eigenvalue weighted by atomic mass is 31.2. The first-order chi connectivity index (χ1) is 17.5. The Morgan fingerprint density at radius 1 is 0.472 bits per heavy atom. The van der Waals surface area contributed by atoms with E-state index in [-0.39, 0.29) is 11.6 Å². The predicted octanol–water partition coefficient (Wildman–Crippen LogP) is 4.89. The van der Waals surface area contributed by atoms with E-state index < -0.39 is 14.3 Å². The summed E-state index contributed by atoms with van der Waals surface area (Å²) < 4.78 is 28.9. The monoisotopic (exact) mass is 516 g/mol. The van der Waals surface area contributed by atoms with E-state index in [1.54, 1.807) is 0 Å². The van der Waals surface area contributed by atoms with E-state index in [2.05, 4.69) is 10.6 Å². The SMILES string of the molecule is CC(NCCNC(C)P(=O)(c1ccccc1)c1ccccc1)P(=O)(c1ccccc1)c1ccccc1. The van der Waals surface area contributed by atoms with Gasteiger partial charge in [-0.05, 0) is 13.8 Å². The summed E-state index contributed by atoms with van der Waals surface area (Å²) in [4.78, 5) is 0. The Morgan fingerprint density at radius 3 is 0.917 bits per heavy atom. The van der Waals surface area contributed by atoms with Gasteiger partial charge >= 0.3 is 0 Å². The van der Waals surface area contributed by atoms with Crippen molar-refractivity contribution in [3.8, 4) is 0 Å². The topological polar surface area (TPSA) is 58.2 Å². The molecule has 0 bridgehead atoms. The molecule has 4 nitrogen and oxygen atoms in total. The zero-order valence-corrected chi connectivity index (χ0v) is 22.6. The molecule has 0 saturated carbocycles. The van der Waals surface area contributed by atoms with Crippen LogP contribution in [0, 0.1) is 0 Å². The molecule has 2 unspecified atom stereocenters. The molecule has 0 aliphatic heterocycles. The summed E-state index contributed by atoms with van der Waals surface area (Å²) in [5.41, 5.74) is 0. The van der Waals surface area contributed by atoms with Crippen LogP contribution in [-0.4, -0.2) is 24.7 Å². The molecule has 0 aromatic heterocycles. The number of hydrogen-bond acceptors (Lipinski definition) is 4. The standard InChI is InChI=1S/C30H34N2O2P2/c1-25(35(33,27-15-7-3-8-16-27)28-17-9-4-10-18-28)31-23-24-32-26(2)36(34,29-19-11-5-12-20-29)30-21-13-6-14-22-30/h3-22,25-26,31-32H,23-24H2,1-2H3. The van der Waals surface area contributed by atoms with Gasteiger partial charge in [0.1, 0.15) is 0 Å². The molecule has 2 atom stereocenters. The van der Waals surface area contributed by atoms with E-state index >= 15 is 0 Å². The van der Waals surface area contributed by atoms with E-state index in [0.717, 1.165) is 21.2 Å². The Bertz CT molecular complexity index is 1120. The second-order valence-electron chi connectivity index (χ2n) is 8.92. The normalized spacial score (nSPS) is 13.7. The summed E-state index contributed by atoms with van der Waals surface area (Å²) in [6, 6.07) is 38.8. The molecule has 0 spiro atoms. The average molecular weight is 517 g/mol. The van der Waals surface area contributed by atoms with Gasteiger partial charge in [-0.2, -0.15) is 0 Å². The van der Waals surface area contributed by atoms with Crippen molar-refractivity contribution in [2.45, 2.75) is 25.4 Å². The maximum absolute atomic E-state index is 14.4. The van der Waals surface area contributed by atoms with Crippen LogP contribution in [0.25, 0.3) is 0 Å². The fourth-order valence-corrected chi connectivity index (χ4v) is 10.2. The minimum absolute atomic E-state index is 0.255. The van der Waals surface area contributed by atoms with Gasteiger partial charge in [0, 0.05) is 34.3 Å². The first kappa shape index (κ1) is 26.3. The Kier molecular flexibility index (Phi) is 8.77. The highest BCUT2D eigenvalue weighted by Gasteiger charge is 2.35. The second kappa shape index (κ2) is 12.0. The predicted molar refractivity (Wildman–Crippen MR) is 154 cm³/mol. The van der Waals surface area contributed by atoms with Gasteiger partial charge in [-0.3, -0.25) is 0 Å². The van der Waals surface area contributed by atoms with Crippen molar-refractivity contribution < 1.29 is 9.13 Å². The van der Waals surface area contributed by atoms with E-state index in [0.29, 0.717) is 13.1 Å². The molecule has 4 aromatic carbocycles. The molecular weight excluding hydrogens is 482 g/mol. The molecule has 0 heterocycles. The molecule has 4 rings (SSSR count). The molecule has 0 saturated heterocycles. The molecule has 36 heavy (non-hydrogen) atoms. The summed E-state index contributed by atoms with van der Waals surface area (Å²) >= 11 is 0. The van der Waals surface area contributed by atoms with Crippen molar-refractivity contribution in [2.75, 3.05) is 13.1 Å². The van der Waals surface area contributed by atoms with E-state index in [1.807, 2.05) is 135 Å². The molecular formula is C30H34N2O2P2. The third kappa shape index (κ3) is 5.48. The van der Waals surface area contributed by atoms with Gasteiger partial charge in [-0.1, -0.05) is 121 Å². The van der Waals surface area contributed by atoms with E-state index in [9.17, 15) is 9.13 Å². The van der Waals surface area contributed by atoms with Crippen molar-refractivity contribution in [3.05, 3.63) is 121 Å². The van der Waals surface area contributed by atoms with Gasteiger partial charge in [0.25, 0.3) is 0 Å². The summed E-state index contributed by atoms with van der Waals surface area (Å²) in [6.07, 6.45) is 0. The molecule has 0 fully saturated rings. The second-order valence-corrected chi connectivity index (χ2v) is 15.2. The lowest BCUT2D eigenvalue weighted by molar-refractivity contribution is 0.541. The number of rotatable bonds is 11. The van der Waals surface area contributed by atoms with Crippen LogP contribution in [0.3, 0.4) is 0 Å². The Hall–Kier alpha value is -2.74. The molecule has 4 aromatic rings. The van der Waals surface area contributed by atoms with Crippen LogP contribution in [0.4, 0.5) is 0 Å². The third-order valence-electron chi connectivity index (χ3n) is 6.65. The Morgan fingerprint density at radius 2 is 0.694 bits per heavy atom. The van der Waals surface area contributed by atoms with Crippen molar-refractivity contribution in [1.29, 1.82) is 0 Å². The van der Waals surface area contributed by atoms with E-state index in [4.69, 9.17) is 0 Å². The molecule has 0 radical (unpaired) electrons. The molecule has 0 aliphatic carbocycles. The summed E-state index contributed by atoms with van der Waals surface area (Å²) in [6.45, 7) is 5.17. The minimum atomic E-state index is -2.90. The van der Waals surface area contributed by atoms with Crippen molar-refractivity contribution >= 4 is 35.5 Å². The lowest BCUT2D eigenvalue weighted by Gasteiger charge is -2.29. The largest absolute Gasteiger partial charge is 0.312 e. The maximum atomic E-state index is 14.4. The van der Waals surface area contributed by atoms with Crippen LogP contribution in [0.15, 0.2) is 121 Å². The molecule has 2 N–H and O–H groups in total. The van der Waals surface area contributed by atoms with Crippen molar-refractivity contribution in [3.63, 3.8) is 0 Å². The lowest BCUT2D eigenvalue weighted by Crippen LogP contribution is -2.41. The molecule has 6 heteroatoms. The maximum Gasteiger partial charge on any atom is 0.158 e. The number of hydrogen-bond donors (Lipinski definition) is 2. The average Bonchev–Trinajstić information content (AvgIpc) is 2.96. The van der Waals surface area contributed by atoms with Crippen LogP contribution >= 0.6 is 14.3 Å².